The van der Waals surface area contributed by atoms with Crippen LogP contribution in [0, 0.1) is 0 Å². The molecule has 0 atom stereocenters. The Morgan fingerprint density at radius 3 is 2.94 bits per heavy atom. The average molecular weight is 222 g/mol. The number of hydrogen-bond donors (Lipinski definition) is 2. The van der Waals surface area contributed by atoms with Gasteiger partial charge in [-0.25, -0.2) is 14.6 Å². The summed E-state index contributed by atoms with van der Waals surface area (Å²) in [5.41, 5.74) is 6.32. The van der Waals surface area contributed by atoms with Gasteiger partial charge in [-0.2, -0.15) is 0 Å². The molecule has 7 nitrogen and oxygen atoms in total. The number of carbonyl (C=O) groups excluding carboxylic acids is 1. The number of aromatic amines is 1. The number of carbonyl (C=O) groups is 1. The first kappa shape index (κ1) is 10.2. The van der Waals surface area contributed by atoms with E-state index in [-0.39, 0.29) is 17.2 Å². The lowest BCUT2D eigenvalue weighted by Crippen LogP contribution is -2.12. The Bertz CT molecular complexity index is 625. The molecule has 0 aromatic carbocycles. The highest BCUT2D eigenvalue weighted by atomic mass is 16.5. The van der Waals surface area contributed by atoms with E-state index in [2.05, 4.69) is 14.7 Å². The number of nitrogens with two attached hydrogens (primary N) is 1. The van der Waals surface area contributed by atoms with Crippen LogP contribution in [0.15, 0.2) is 10.9 Å². The molecular weight excluding hydrogens is 212 g/mol. The van der Waals surface area contributed by atoms with Crippen molar-refractivity contribution in [2.75, 3.05) is 12.8 Å². The number of pyridine rings is 1. The zero-order valence-corrected chi connectivity index (χ0v) is 8.77. The summed E-state index contributed by atoms with van der Waals surface area (Å²) in [6.07, 6.45) is 0. The number of fused-ring (bicyclic) bond motifs is 1. The van der Waals surface area contributed by atoms with E-state index < -0.39 is 5.97 Å². The smallest absolute Gasteiger partial charge is 0.356 e. The highest BCUT2D eigenvalue weighted by Crippen LogP contribution is 2.16. The van der Waals surface area contributed by atoms with Crippen molar-refractivity contribution < 1.29 is 9.53 Å². The minimum atomic E-state index is -0.595. The Morgan fingerprint density at radius 2 is 2.31 bits per heavy atom. The van der Waals surface area contributed by atoms with Gasteiger partial charge in [0.15, 0.2) is 5.69 Å². The van der Waals surface area contributed by atoms with Gasteiger partial charge in [-0.3, -0.25) is 4.57 Å². The first-order valence-corrected chi connectivity index (χ1v) is 4.48. The number of hydrogen-bond acceptors (Lipinski definition) is 5. The van der Waals surface area contributed by atoms with E-state index in [9.17, 15) is 9.59 Å². The first-order valence-electron chi connectivity index (χ1n) is 4.48. The number of anilines is 1. The molecule has 0 fully saturated rings. The fraction of sp³-hybridized carbons (Fsp3) is 0.222. The predicted molar refractivity (Wildman–Crippen MR) is 57.1 cm³/mol. The van der Waals surface area contributed by atoms with Gasteiger partial charge in [0.2, 0.25) is 0 Å². The zero-order chi connectivity index (χ0) is 11.9. The molecule has 3 N–H and O–H groups in total. The lowest BCUT2D eigenvalue weighted by molar-refractivity contribution is 0.0594. The lowest BCUT2D eigenvalue weighted by Gasteiger charge is -2.01. The van der Waals surface area contributed by atoms with Gasteiger partial charge >= 0.3 is 11.7 Å². The Morgan fingerprint density at radius 1 is 1.62 bits per heavy atom. The zero-order valence-electron chi connectivity index (χ0n) is 8.77. The summed E-state index contributed by atoms with van der Waals surface area (Å²) < 4.78 is 5.88. The van der Waals surface area contributed by atoms with Crippen LogP contribution in [0.4, 0.5) is 5.82 Å². The minimum absolute atomic E-state index is 0.0714. The molecule has 2 aromatic heterocycles. The van der Waals surface area contributed by atoms with Crippen LogP contribution < -0.4 is 11.4 Å². The third-order valence-corrected chi connectivity index (χ3v) is 2.32. The van der Waals surface area contributed by atoms with Crippen molar-refractivity contribution in [3.63, 3.8) is 0 Å². The fourth-order valence-electron chi connectivity index (χ4n) is 1.45. The summed E-state index contributed by atoms with van der Waals surface area (Å²) in [6, 6.07) is 1.45. The maximum absolute atomic E-state index is 11.3. The number of H-pyrrole nitrogens is 1. The van der Waals surface area contributed by atoms with E-state index in [4.69, 9.17) is 5.73 Å². The van der Waals surface area contributed by atoms with Crippen molar-refractivity contribution in [3.05, 3.63) is 22.2 Å². The number of aryl methyl sites for hydroxylation is 1. The van der Waals surface area contributed by atoms with Crippen LogP contribution in [0.5, 0.6) is 0 Å². The van der Waals surface area contributed by atoms with E-state index in [1.807, 2.05) is 0 Å². The molecule has 0 aliphatic carbocycles. The molecule has 0 unspecified atom stereocenters. The Hall–Kier alpha value is -2.31. The largest absolute Gasteiger partial charge is 0.464 e. The first-order chi connectivity index (χ1) is 7.54. The number of imidazole rings is 1. The molecular formula is C9H10N4O3. The summed E-state index contributed by atoms with van der Waals surface area (Å²) in [5, 5.41) is 0. The molecule has 0 spiro atoms. The van der Waals surface area contributed by atoms with Gasteiger partial charge in [-0.15, -0.1) is 0 Å². The number of nitrogens with zero attached hydrogens (tertiary/aromatic N) is 2. The molecule has 0 bridgehead atoms. The average Bonchev–Trinajstić information content (AvgIpc) is 2.56. The van der Waals surface area contributed by atoms with Gasteiger partial charge in [0.05, 0.1) is 12.6 Å². The summed E-state index contributed by atoms with van der Waals surface area (Å²) in [5.74, 6) is -0.502. The molecule has 2 heterocycles. The third kappa shape index (κ3) is 1.33. The maximum Gasteiger partial charge on any atom is 0.356 e. The van der Waals surface area contributed by atoms with E-state index in [0.29, 0.717) is 11.0 Å². The van der Waals surface area contributed by atoms with Crippen LogP contribution in [-0.2, 0) is 11.8 Å². The van der Waals surface area contributed by atoms with Gasteiger partial charge in [0.25, 0.3) is 0 Å². The van der Waals surface area contributed by atoms with E-state index in [1.54, 1.807) is 7.05 Å². The molecule has 0 radical (unpaired) electrons. The molecule has 84 valence electrons. The predicted octanol–water partition coefficient (Wildman–Crippen LogP) is -0.370. The summed E-state index contributed by atoms with van der Waals surface area (Å²) in [7, 11) is 2.82. The van der Waals surface area contributed by atoms with E-state index >= 15 is 0 Å². The molecule has 2 aromatic rings. The van der Waals surface area contributed by atoms with Crippen LogP contribution >= 0.6 is 0 Å². The van der Waals surface area contributed by atoms with Gasteiger partial charge < -0.3 is 15.5 Å². The number of rotatable bonds is 1. The molecule has 0 aliphatic heterocycles. The number of nitrogen functional groups attached to an aromatic ring is 1. The number of methoxy groups -OCH3 is 1. The summed E-state index contributed by atoms with van der Waals surface area (Å²) >= 11 is 0. The molecule has 2 rings (SSSR count). The van der Waals surface area contributed by atoms with Crippen molar-refractivity contribution in [1.29, 1.82) is 0 Å². The molecule has 0 saturated carbocycles. The molecule has 0 aliphatic rings. The highest BCUT2D eigenvalue weighted by Gasteiger charge is 2.14. The van der Waals surface area contributed by atoms with E-state index in [1.165, 1.54) is 17.7 Å². The summed E-state index contributed by atoms with van der Waals surface area (Å²) in [6.45, 7) is 0. The SMILES string of the molecule is COC(=O)c1cc2c([nH]c(=O)n2C)c(N)n1. The van der Waals surface area contributed by atoms with Crippen molar-refractivity contribution in [2.24, 2.45) is 7.05 Å². The van der Waals surface area contributed by atoms with Crippen molar-refractivity contribution in [3.8, 4) is 0 Å². The Labute approximate surface area is 89.8 Å². The third-order valence-electron chi connectivity index (χ3n) is 2.32. The Kier molecular flexibility index (Phi) is 2.15. The van der Waals surface area contributed by atoms with Crippen LogP contribution in [0.3, 0.4) is 0 Å². The van der Waals surface area contributed by atoms with Gasteiger partial charge in [-0.1, -0.05) is 0 Å². The maximum atomic E-state index is 11.3. The van der Waals surface area contributed by atoms with Crippen molar-refractivity contribution >= 4 is 22.8 Å². The summed E-state index contributed by atoms with van der Waals surface area (Å²) in [4.78, 5) is 29.0. The van der Waals surface area contributed by atoms with Crippen LogP contribution in [0.25, 0.3) is 11.0 Å². The molecule has 7 heteroatoms. The second-order valence-corrected chi connectivity index (χ2v) is 3.27. The van der Waals surface area contributed by atoms with Crippen LogP contribution in [-0.4, -0.2) is 27.6 Å². The number of esters is 1. The fourth-order valence-corrected chi connectivity index (χ4v) is 1.45. The quantitative estimate of drug-likeness (QED) is 0.641. The number of nitrogens with one attached hydrogen (secondary N) is 1. The van der Waals surface area contributed by atoms with Gasteiger partial charge in [0, 0.05) is 7.05 Å². The van der Waals surface area contributed by atoms with Gasteiger partial charge in [-0.05, 0) is 6.07 Å². The monoisotopic (exact) mass is 222 g/mol. The molecule has 16 heavy (non-hydrogen) atoms. The number of ether oxygens (including phenoxy) is 1. The minimum Gasteiger partial charge on any atom is -0.464 e. The second kappa shape index (κ2) is 3.37. The topological polar surface area (TPSA) is 103 Å². The second-order valence-electron chi connectivity index (χ2n) is 3.27. The lowest BCUT2D eigenvalue weighted by atomic mass is 10.3. The van der Waals surface area contributed by atoms with Gasteiger partial charge in [0.1, 0.15) is 11.3 Å². The standard InChI is InChI=1S/C9H10N4O3/c1-13-5-3-4(8(14)16-2)11-7(10)6(5)12-9(13)15/h3H,1-2H3,(H2,10,11)(H,12,15). The highest BCUT2D eigenvalue weighted by molar-refractivity contribution is 5.94. The molecule has 0 saturated heterocycles. The van der Waals surface area contributed by atoms with E-state index in [0.717, 1.165) is 0 Å². The van der Waals surface area contributed by atoms with Crippen LogP contribution in [0.1, 0.15) is 10.5 Å². The molecule has 0 amide bonds. The van der Waals surface area contributed by atoms with Crippen molar-refractivity contribution in [1.82, 2.24) is 14.5 Å². The normalized spacial score (nSPS) is 10.6. The Balaban J connectivity index is 2.80. The van der Waals surface area contributed by atoms with Crippen LogP contribution in [0.2, 0.25) is 0 Å². The van der Waals surface area contributed by atoms with Crippen molar-refractivity contribution in [2.45, 2.75) is 0 Å². The number of aromatic nitrogens is 3.